The second kappa shape index (κ2) is 7.30. The third-order valence-corrected chi connectivity index (χ3v) is 6.43. The topological polar surface area (TPSA) is 131 Å². The summed E-state index contributed by atoms with van der Waals surface area (Å²) in [5, 5.41) is 12.8. The fraction of sp³-hybridized carbons (Fsp3) is 0.261. The average molecular weight is 453 g/mol. The first kappa shape index (κ1) is 19.1. The number of H-pyrrole nitrogens is 1. The molecule has 0 radical (unpaired) electrons. The molecule has 1 fully saturated rings. The number of nitrogens with one attached hydrogen (secondary N) is 1. The van der Waals surface area contributed by atoms with Gasteiger partial charge in [-0.3, -0.25) is 9.78 Å². The Morgan fingerprint density at radius 3 is 2.97 bits per heavy atom. The Morgan fingerprint density at radius 1 is 1.18 bits per heavy atom. The van der Waals surface area contributed by atoms with Crippen molar-refractivity contribution in [1.82, 2.24) is 44.6 Å². The van der Waals surface area contributed by atoms with E-state index in [9.17, 15) is 4.79 Å². The molecule has 0 aromatic carbocycles. The van der Waals surface area contributed by atoms with Gasteiger partial charge in [0.1, 0.15) is 11.7 Å². The van der Waals surface area contributed by atoms with Crippen LogP contribution in [-0.4, -0.2) is 57.1 Å². The Bertz CT molecular complexity index is 1520. The van der Waals surface area contributed by atoms with Gasteiger partial charge in [-0.1, -0.05) is 6.07 Å². The first-order valence-electron chi connectivity index (χ1n) is 11.2. The van der Waals surface area contributed by atoms with Gasteiger partial charge in [-0.15, -0.1) is 10.2 Å². The first-order valence-corrected chi connectivity index (χ1v) is 11.2. The Labute approximate surface area is 192 Å². The van der Waals surface area contributed by atoms with Gasteiger partial charge in [0.05, 0.1) is 29.4 Å². The van der Waals surface area contributed by atoms with Gasteiger partial charge in [0.25, 0.3) is 5.89 Å². The van der Waals surface area contributed by atoms with Crippen molar-refractivity contribution in [3.05, 3.63) is 77.8 Å². The number of fused-ring (bicyclic) bond motifs is 2. The van der Waals surface area contributed by atoms with E-state index in [4.69, 9.17) is 9.52 Å². The van der Waals surface area contributed by atoms with Crippen LogP contribution >= 0.6 is 0 Å². The summed E-state index contributed by atoms with van der Waals surface area (Å²) in [6.07, 6.45) is 11.2. The van der Waals surface area contributed by atoms with Crippen molar-refractivity contribution in [2.75, 3.05) is 6.54 Å². The lowest BCUT2D eigenvalue weighted by Gasteiger charge is -2.32. The average Bonchev–Trinajstić information content (AvgIpc) is 3.27. The second-order valence-electron chi connectivity index (χ2n) is 8.56. The van der Waals surface area contributed by atoms with Gasteiger partial charge < -0.3 is 14.3 Å². The molecule has 5 aromatic rings. The number of amides is 1. The van der Waals surface area contributed by atoms with Crippen LogP contribution in [0, 0.1) is 0 Å². The number of hydrogen-bond donors (Lipinski definition) is 1. The molecule has 0 bridgehead atoms. The van der Waals surface area contributed by atoms with Crippen LogP contribution < -0.4 is 0 Å². The molecule has 2 aliphatic rings. The minimum absolute atomic E-state index is 0.105. The molecule has 0 spiro atoms. The standard InChI is InChI=1S/C23H19N9O2/c33-23(22-29-28-21(34-22)17-11-24-6-7-25-17)31-9-5-15-19(27-12-26-15)20(31)16-10-18-14(13-3-4-13)2-1-8-32(18)30-16/h1-2,6-8,10-13,20H,3-5,9H2,(H,26,27)/t20-/m0/s1. The lowest BCUT2D eigenvalue weighted by molar-refractivity contribution is 0.0646. The maximum Gasteiger partial charge on any atom is 0.312 e. The third kappa shape index (κ3) is 3.00. The molecule has 11 nitrogen and oxygen atoms in total. The van der Waals surface area contributed by atoms with Crippen molar-refractivity contribution in [2.45, 2.75) is 31.2 Å². The predicted octanol–water partition coefficient (Wildman–Crippen LogP) is 2.56. The van der Waals surface area contributed by atoms with Crippen molar-refractivity contribution in [3.63, 3.8) is 0 Å². The van der Waals surface area contributed by atoms with Crippen LogP contribution in [0.25, 0.3) is 17.1 Å². The summed E-state index contributed by atoms with van der Waals surface area (Å²) in [5.74, 6) is 0.247. The predicted molar refractivity (Wildman–Crippen MR) is 118 cm³/mol. The van der Waals surface area contributed by atoms with E-state index in [1.807, 2.05) is 16.8 Å². The van der Waals surface area contributed by atoms with Gasteiger partial charge in [0.15, 0.2) is 0 Å². The number of carbonyl (C=O) groups excluding carboxylic acids is 1. The molecule has 1 amide bonds. The van der Waals surface area contributed by atoms with Crippen LogP contribution in [0.1, 0.15) is 58.1 Å². The van der Waals surface area contributed by atoms with Gasteiger partial charge in [0, 0.05) is 37.3 Å². The van der Waals surface area contributed by atoms with E-state index in [0.29, 0.717) is 24.6 Å². The molecule has 11 heteroatoms. The normalized spacial score (nSPS) is 17.8. The maximum absolute atomic E-state index is 13.6. The first-order chi connectivity index (χ1) is 16.8. The van der Waals surface area contributed by atoms with Gasteiger partial charge in [0.2, 0.25) is 0 Å². The summed E-state index contributed by atoms with van der Waals surface area (Å²) < 4.78 is 7.58. The van der Waals surface area contributed by atoms with Crippen LogP contribution in [0.4, 0.5) is 0 Å². The van der Waals surface area contributed by atoms with Crippen molar-refractivity contribution < 1.29 is 9.21 Å². The number of carbonyl (C=O) groups is 1. The molecule has 1 atom stereocenters. The van der Waals surface area contributed by atoms with Crippen LogP contribution in [0.5, 0.6) is 0 Å². The fourth-order valence-corrected chi connectivity index (χ4v) is 4.67. The third-order valence-electron chi connectivity index (χ3n) is 6.43. The highest BCUT2D eigenvalue weighted by atomic mass is 16.4. The summed E-state index contributed by atoms with van der Waals surface area (Å²) in [6.45, 7) is 0.463. The second-order valence-corrected chi connectivity index (χ2v) is 8.56. The summed E-state index contributed by atoms with van der Waals surface area (Å²) >= 11 is 0. The van der Waals surface area contributed by atoms with Gasteiger partial charge in [-0.25, -0.2) is 14.5 Å². The molecule has 7 rings (SSSR count). The monoisotopic (exact) mass is 453 g/mol. The van der Waals surface area contributed by atoms with Crippen LogP contribution in [0.15, 0.2) is 53.7 Å². The minimum atomic E-state index is -0.471. The Morgan fingerprint density at radius 2 is 2.12 bits per heavy atom. The zero-order valence-corrected chi connectivity index (χ0v) is 18.0. The Balaban J connectivity index is 1.29. The van der Waals surface area contributed by atoms with Crippen LogP contribution in [0.2, 0.25) is 0 Å². The quantitative estimate of drug-likeness (QED) is 0.439. The highest BCUT2D eigenvalue weighted by molar-refractivity contribution is 5.90. The van der Waals surface area contributed by atoms with Crippen LogP contribution in [-0.2, 0) is 6.42 Å². The largest absolute Gasteiger partial charge is 0.411 e. The van der Waals surface area contributed by atoms with Crippen molar-refractivity contribution in [1.29, 1.82) is 0 Å². The van der Waals surface area contributed by atoms with E-state index in [1.54, 1.807) is 17.4 Å². The van der Waals surface area contributed by atoms with E-state index in [2.05, 4.69) is 42.3 Å². The van der Waals surface area contributed by atoms with E-state index in [-0.39, 0.29) is 17.7 Å². The SMILES string of the molecule is O=C(c1nnc(-c2cnccn2)o1)N1CCc2[nH]cnc2[C@@H]1c1cc2c(C3CC3)cccn2n1. The molecule has 6 heterocycles. The molecule has 0 unspecified atom stereocenters. The Kier molecular flexibility index (Phi) is 4.10. The van der Waals surface area contributed by atoms with Gasteiger partial charge in [-0.2, -0.15) is 5.10 Å². The number of nitrogens with zero attached hydrogens (tertiary/aromatic N) is 8. The van der Waals surface area contributed by atoms with Gasteiger partial charge in [-0.05, 0) is 36.5 Å². The number of aromatic amines is 1. The zero-order valence-electron chi connectivity index (χ0n) is 18.0. The molecule has 1 N–H and O–H groups in total. The highest BCUT2D eigenvalue weighted by Gasteiger charge is 2.38. The lowest BCUT2D eigenvalue weighted by Crippen LogP contribution is -2.41. The lowest BCUT2D eigenvalue weighted by atomic mass is 9.99. The summed E-state index contributed by atoms with van der Waals surface area (Å²) in [7, 11) is 0. The molecule has 1 aliphatic carbocycles. The molecule has 0 saturated heterocycles. The molecule has 168 valence electrons. The smallest absolute Gasteiger partial charge is 0.312 e. The molecule has 5 aromatic heterocycles. The van der Waals surface area contributed by atoms with E-state index in [0.717, 1.165) is 22.6 Å². The number of hydrogen-bond acceptors (Lipinski definition) is 8. The summed E-state index contributed by atoms with van der Waals surface area (Å²) in [5.41, 5.74) is 5.30. The minimum Gasteiger partial charge on any atom is -0.411 e. The van der Waals surface area contributed by atoms with Crippen molar-refractivity contribution >= 4 is 11.4 Å². The molecular weight excluding hydrogens is 434 g/mol. The number of pyridine rings is 1. The Hall–Kier alpha value is -4.41. The fourth-order valence-electron chi connectivity index (χ4n) is 4.67. The summed E-state index contributed by atoms with van der Waals surface area (Å²) in [6, 6.07) is 5.78. The molecule has 34 heavy (non-hydrogen) atoms. The molecule has 1 aliphatic heterocycles. The number of imidazole rings is 1. The van der Waals surface area contributed by atoms with E-state index < -0.39 is 6.04 Å². The summed E-state index contributed by atoms with van der Waals surface area (Å²) in [4.78, 5) is 31.2. The van der Waals surface area contributed by atoms with Crippen molar-refractivity contribution in [2.24, 2.45) is 0 Å². The molecular formula is C23H19N9O2. The molecule has 1 saturated carbocycles. The number of aromatic nitrogens is 8. The van der Waals surface area contributed by atoms with Gasteiger partial charge >= 0.3 is 11.8 Å². The number of rotatable bonds is 4. The maximum atomic E-state index is 13.6. The highest BCUT2D eigenvalue weighted by Crippen LogP contribution is 2.43. The zero-order chi connectivity index (χ0) is 22.6. The van der Waals surface area contributed by atoms with E-state index in [1.165, 1.54) is 30.8 Å². The van der Waals surface area contributed by atoms with Crippen LogP contribution in [0.3, 0.4) is 0 Å². The van der Waals surface area contributed by atoms with Crippen molar-refractivity contribution in [3.8, 4) is 11.6 Å². The van der Waals surface area contributed by atoms with E-state index >= 15 is 0 Å².